The van der Waals surface area contributed by atoms with Gasteiger partial charge in [0.05, 0.1) is 11.1 Å². The molecule has 0 radical (unpaired) electrons. The Morgan fingerprint density at radius 3 is 2.59 bits per heavy atom. The smallest absolute Gasteiger partial charge is 0.254 e. The Morgan fingerprint density at radius 2 is 1.74 bits per heavy atom. The van der Waals surface area contributed by atoms with E-state index in [9.17, 15) is 9.59 Å². The Kier molecular flexibility index (Phi) is 7.24. The first-order valence-corrected chi connectivity index (χ1v) is 13.9. The molecule has 9 heteroatoms. The number of hydrogen-bond acceptors (Lipinski definition) is 7. The highest BCUT2D eigenvalue weighted by atomic mass is 16.7. The van der Waals surface area contributed by atoms with E-state index in [1.165, 1.54) is 19.8 Å². The lowest BCUT2D eigenvalue weighted by Gasteiger charge is -2.29. The average molecular weight is 530 g/mol. The zero-order chi connectivity index (χ0) is 26.8. The van der Waals surface area contributed by atoms with E-state index in [1.54, 1.807) is 0 Å². The van der Waals surface area contributed by atoms with Crippen LogP contribution in [0.3, 0.4) is 0 Å². The molecule has 0 spiro atoms. The molecule has 3 aliphatic rings. The zero-order valence-electron chi connectivity index (χ0n) is 22.4. The number of amides is 2. The lowest BCUT2D eigenvalue weighted by atomic mass is 9.99. The van der Waals surface area contributed by atoms with Gasteiger partial charge in [-0.25, -0.2) is 4.98 Å². The summed E-state index contributed by atoms with van der Waals surface area (Å²) in [6.07, 6.45) is 4.55. The molecule has 4 heterocycles. The second-order valence-electron chi connectivity index (χ2n) is 10.6. The highest BCUT2D eigenvalue weighted by molar-refractivity contribution is 6.08. The van der Waals surface area contributed by atoms with Crippen LogP contribution in [0, 0.1) is 0 Å². The number of ether oxygens (including phenoxy) is 2. The first kappa shape index (κ1) is 25.4. The van der Waals surface area contributed by atoms with Gasteiger partial charge in [-0.05, 0) is 80.2 Å². The Balaban J connectivity index is 1.34. The number of benzene rings is 2. The van der Waals surface area contributed by atoms with Crippen molar-refractivity contribution in [3.63, 3.8) is 0 Å². The molecule has 3 aromatic rings. The van der Waals surface area contributed by atoms with E-state index < -0.39 is 0 Å². The second-order valence-corrected chi connectivity index (χ2v) is 10.6. The monoisotopic (exact) mass is 529 g/mol. The fourth-order valence-electron chi connectivity index (χ4n) is 5.89. The number of rotatable bonds is 8. The van der Waals surface area contributed by atoms with E-state index in [4.69, 9.17) is 14.5 Å². The maximum absolute atomic E-state index is 14.2. The fourth-order valence-corrected chi connectivity index (χ4v) is 5.89. The predicted molar refractivity (Wildman–Crippen MR) is 150 cm³/mol. The Hall–Kier alpha value is -3.85. The number of likely N-dealkylation sites (tertiary alicyclic amines) is 2. The van der Waals surface area contributed by atoms with E-state index >= 15 is 0 Å². The Morgan fingerprint density at radius 1 is 0.949 bits per heavy atom. The third-order valence-corrected chi connectivity index (χ3v) is 7.86. The van der Waals surface area contributed by atoms with Gasteiger partial charge in [-0.15, -0.1) is 0 Å². The van der Waals surface area contributed by atoms with Crippen LogP contribution in [-0.4, -0.2) is 78.7 Å². The standard InChI is InChI=1S/C30H35N5O4/c1-20(36)31-10-11-32-29-17-25(30(37)35-14-4-5-23(35)18-34-12-2-3-13-34)24-15-21(6-8-26(24)33-29)22-7-9-27-28(16-22)39-19-38-27/h6-9,15-17,23H,2-5,10-14,18-19H2,1H3,(H,31,36)(H,32,33)/t23-/m0/s1. The van der Waals surface area contributed by atoms with Crippen LogP contribution in [-0.2, 0) is 4.79 Å². The number of fused-ring (bicyclic) bond motifs is 2. The van der Waals surface area contributed by atoms with Crippen LogP contribution >= 0.6 is 0 Å². The summed E-state index contributed by atoms with van der Waals surface area (Å²) in [5, 5.41) is 6.91. The minimum Gasteiger partial charge on any atom is -0.454 e. The van der Waals surface area contributed by atoms with Crippen LogP contribution in [0.15, 0.2) is 42.5 Å². The molecule has 2 aromatic carbocycles. The summed E-state index contributed by atoms with van der Waals surface area (Å²) in [4.78, 5) is 34.8. The number of nitrogens with zero attached hydrogens (tertiary/aromatic N) is 3. The summed E-state index contributed by atoms with van der Waals surface area (Å²) < 4.78 is 11.1. The van der Waals surface area contributed by atoms with Crippen LogP contribution in [0.1, 0.15) is 43.0 Å². The van der Waals surface area contributed by atoms with Gasteiger partial charge in [0.1, 0.15) is 5.82 Å². The largest absolute Gasteiger partial charge is 0.454 e. The Labute approximate surface area is 228 Å². The number of hydrogen-bond donors (Lipinski definition) is 2. The molecule has 1 aromatic heterocycles. The summed E-state index contributed by atoms with van der Waals surface area (Å²) in [6.45, 7) is 6.68. The van der Waals surface area contributed by atoms with Gasteiger partial charge >= 0.3 is 0 Å². The SMILES string of the molecule is CC(=O)NCCNc1cc(C(=O)N2CCC[C@H]2CN2CCCC2)c2cc(-c3ccc4c(c3)OCO4)ccc2n1. The number of anilines is 1. The third kappa shape index (κ3) is 5.49. The number of carbonyl (C=O) groups is 2. The number of nitrogens with one attached hydrogen (secondary N) is 2. The molecule has 39 heavy (non-hydrogen) atoms. The molecule has 3 aliphatic heterocycles. The summed E-state index contributed by atoms with van der Waals surface area (Å²) in [5.74, 6) is 2.07. The average Bonchev–Trinajstić information content (AvgIpc) is 3.72. The van der Waals surface area contributed by atoms with Crippen molar-refractivity contribution in [3.8, 4) is 22.6 Å². The zero-order valence-corrected chi connectivity index (χ0v) is 22.4. The van der Waals surface area contributed by atoms with Crippen molar-refractivity contribution >= 4 is 28.5 Å². The van der Waals surface area contributed by atoms with Crippen molar-refractivity contribution in [3.05, 3.63) is 48.0 Å². The van der Waals surface area contributed by atoms with Gasteiger partial charge in [-0.3, -0.25) is 9.59 Å². The van der Waals surface area contributed by atoms with Crippen molar-refractivity contribution in [1.82, 2.24) is 20.1 Å². The minimum atomic E-state index is -0.0757. The van der Waals surface area contributed by atoms with Gasteiger partial charge < -0.3 is 29.9 Å². The highest BCUT2D eigenvalue weighted by Gasteiger charge is 2.32. The lowest BCUT2D eigenvalue weighted by Crippen LogP contribution is -2.42. The summed E-state index contributed by atoms with van der Waals surface area (Å²) in [6, 6.07) is 14.0. The van der Waals surface area contributed by atoms with E-state index in [0.717, 1.165) is 72.5 Å². The number of carbonyl (C=O) groups excluding carboxylic acids is 2. The number of aromatic nitrogens is 1. The summed E-state index contributed by atoms with van der Waals surface area (Å²) >= 11 is 0. The molecule has 2 saturated heterocycles. The number of pyridine rings is 1. The van der Waals surface area contributed by atoms with E-state index in [2.05, 4.69) is 26.5 Å². The molecule has 0 unspecified atom stereocenters. The van der Waals surface area contributed by atoms with Gasteiger partial charge in [-0.2, -0.15) is 0 Å². The van der Waals surface area contributed by atoms with E-state index in [1.807, 2.05) is 36.4 Å². The van der Waals surface area contributed by atoms with Crippen LogP contribution in [0.2, 0.25) is 0 Å². The quantitative estimate of drug-likeness (QED) is 0.428. The maximum Gasteiger partial charge on any atom is 0.254 e. The molecule has 0 aliphatic carbocycles. The highest BCUT2D eigenvalue weighted by Crippen LogP contribution is 2.37. The van der Waals surface area contributed by atoms with Crippen LogP contribution in [0.25, 0.3) is 22.0 Å². The van der Waals surface area contributed by atoms with Crippen LogP contribution in [0.5, 0.6) is 11.5 Å². The molecule has 0 bridgehead atoms. The van der Waals surface area contributed by atoms with Gasteiger partial charge in [0, 0.05) is 44.5 Å². The van der Waals surface area contributed by atoms with Crippen LogP contribution in [0.4, 0.5) is 5.82 Å². The van der Waals surface area contributed by atoms with Gasteiger partial charge in [-0.1, -0.05) is 12.1 Å². The van der Waals surface area contributed by atoms with E-state index in [-0.39, 0.29) is 24.6 Å². The summed E-state index contributed by atoms with van der Waals surface area (Å²) in [5.41, 5.74) is 3.38. The molecular weight excluding hydrogens is 494 g/mol. The molecular formula is C30H35N5O4. The van der Waals surface area contributed by atoms with Gasteiger partial charge in [0.15, 0.2) is 11.5 Å². The molecule has 2 N–H and O–H groups in total. The molecule has 6 rings (SSSR count). The minimum absolute atomic E-state index is 0.0526. The molecule has 0 saturated carbocycles. The molecule has 2 fully saturated rings. The van der Waals surface area contributed by atoms with Crippen molar-refractivity contribution in [1.29, 1.82) is 0 Å². The maximum atomic E-state index is 14.2. The van der Waals surface area contributed by atoms with Crippen molar-refractivity contribution in [2.45, 2.75) is 38.6 Å². The predicted octanol–water partition coefficient (Wildman–Crippen LogP) is 3.88. The normalized spacial score (nSPS) is 18.6. The fraction of sp³-hybridized carbons (Fsp3) is 0.433. The first-order chi connectivity index (χ1) is 19.0. The van der Waals surface area contributed by atoms with Crippen molar-refractivity contribution in [2.75, 3.05) is 51.4 Å². The van der Waals surface area contributed by atoms with Gasteiger partial charge in [0.25, 0.3) is 5.91 Å². The molecule has 1 atom stereocenters. The van der Waals surface area contributed by atoms with Crippen LogP contribution < -0.4 is 20.1 Å². The second kappa shape index (κ2) is 11.1. The topological polar surface area (TPSA) is 96.0 Å². The lowest BCUT2D eigenvalue weighted by molar-refractivity contribution is -0.118. The molecule has 204 valence electrons. The third-order valence-electron chi connectivity index (χ3n) is 7.86. The van der Waals surface area contributed by atoms with Gasteiger partial charge in [0.2, 0.25) is 12.7 Å². The van der Waals surface area contributed by atoms with E-state index in [0.29, 0.717) is 24.5 Å². The first-order valence-electron chi connectivity index (χ1n) is 13.9. The molecule has 9 nitrogen and oxygen atoms in total. The van der Waals surface area contributed by atoms with Crippen molar-refractivity contribution in [2.24, 2.45) is 0 Å². The summed E-state index contributed by atoms with van der Waals surface area (Å²) in [7, 11) is 0. The Bertz CT molecular complexity index is 1390. The molecule has 2 amide bonds. The van der Waals surface area contributed by atoms with Crippen molar-refractivity contribution < 1.29 is 19.1 Å².